The first-order valence-electron chi connectivity index (χ1n) is 5.65. The van der Waals surface area contributed by atoms with Crippen LogP contribution in [0.25, 0.3) is 0 Å². The Balaban J connectivity index is 1.95. The van der Waals surface area contributed by atoms with Gasteiger partial charge in [0.05, 0.1) is 5.69 Å². The van der Waals surface area contributed by atoms with Gasteiger partial charge in [0.25, 0.3) is 10.0 Å². The quantitative estimate of drug-likeness (QED) is 0.790. The van der Waals surface area contributed by atoms with Gasteiger partial charge in [0.2, 0.25) is 5.94 Å². The van der Waals surface area contributed by atoms with Gasteiger partial charge in [-0.15, -0.1) is 0 Å². The van der Waals surface area contributed by atoms with Crippen LogP contribution < -0.4 is 14.8 Å². The molecule has 1 unspecified atom stereocenters. The molecule has 92 valence electrons. The van der Waals surface area contributed by atoms with Crippen molar-refractivity contribution in [2.75, 3.05) is 17.2 Å². The van der Waals surface area contributed by atoms with E-state index in [4.69, 9.17) is 4.74 Å². The predicted molar refractivity (Wildman–Crippen MR) is 64.5 cm³/mol. The molecule has 0 spiro atoms. The normalized spacial score (nSPS) is 25.8. The molecule has 0 amide bonds. The standard InChI is InChI=1S/C11H14N2O3S/c14-17(15)7-16-11-4-3-8(6-10(11)13-17)9-2-1-5-12-9/h3-4,6,9,12-13H,1-2,5,7H2. The zero-order chi connectivity index (χ0) is 11.9. The van der Waals surface area contributed by atoms with Crippen molar-refractivity contribution in [3.63, 3.8) is 0 Å². The lowest BCUT2D eigenvalue weighted by Gasteiger charge is -2.21. The van der Waals surface area contributed by atoms with E-state index in [1.807, 2.05) is 18.2 Å². The molecule has 2 aliphatic rings. The molecule has 5 nitrogen and oxygen atoms in total. The number of anilines is 1. The van der Waals surface area contributed by atoms with E-state index >= 15 is 0 Å². The minimum absolute atomic E-state index is 0.305. The highest BCUT2D eigenvalue weighted by Gasteiger charge is 2.23. The minimum atomic E-state index is -3.33. The first-order valence-corrected chi connectivity index (χ1v) is 7.30. The van der Waals surface area contributed by atoms with Gasteiger partial charge in [0.15, 0.2) is 0 Å². The van der Waals surface area contributed by atoms with Gasteiger partial charge in [-0.1, -0.05) is 6.07 Å². The van der Waals surface area contributed by atoms with Crippen molar-refractivity contribution in [1.29, 1.82) is 0 Å². The second kappa shape index (κ2) is 3.89. The Morgan fingerprint density at radius 3 is 3.00 bits per heavy atom. The third-order valence-electron chi connectivity index (χ3n) is 3.10. The Bertz CT molecular complexity index is 536. The van der Waals surface area contributed by atoms with E-state index in [1.165, 1.54) is 0 Å². The average Bonchev–Trinajstić information content (AvgIpc) is 2.80. The van der Waals surface area contributed by atoms with Crippen molar-refractivity contribution >= 4 is 15.7 Å². The maximum absolute atomic E-state index is 11.4. The van der Waals surface area contributed by atoms with Crippen LogP contribution >= 0.6 is 0 Å². The van der Waals surface area contributed by atoms with Crippen LogP contribution in [0, 0.1) is 0 Å². The Morgan fingerprint density at radius 1 is 1.35 bits per heavy atom. The zero-order valence-electron chi connectivity index (χ0n) is 9.27. The summed E-state index contributed by atoms with van der Waals surface area (Å²) in [4.78, 5) is 0. The number of sulfonamides is 1. The van der Waals surface area contributed by atoms with E-state index in [0.717, 1.165) is 24.9 Å². The molecule has 6 heteroatoms. The number of hydrogen-bond acceptors (Lipinski definition) is 4. The second-order valence-electron chi connectivity index (χ2n) is 4.38. The smallest absolute Gasteiger partial charge is 0.268 e. The van der Waals surface area contributed by atoms with Gasteiger partial charge in [-0.25, -0.2) is 8.42 Å². The fourth-order valence-electron chi connectivity index (χ4n) is 2.28. The molecule has 2 N–H and O–H groups in total. The maximum atomic E-state index is 11.4. The molecular formula is C11H14N2O3S. The molecule has 0 aromatic heterocycles. The second-order valence-corrected chi connectivity index (χ2v) is 6.05. The molecule has 1 saturated heterocycles. The van der Waals surface area contributed by atoms with Gasteiger partial charge in [-0.2, -0.15) is 0 Å². The number of nitrogens with one attached hydrogen (secondary N) is 2. The molecule has 1 atom stereocenters. The summed E-state index contributed by atoms with van der Waals surface area (Å²) in [5, 5.41) is 3.38. The van der Waals surface area contributed by atoms with Crippen molar-refractivity contribution in [3.05, 3.63) is 23.8 Å². The molecule has 0 bridgehead atoms. The highest BCUT2D eigenvalue weighted by atomic mass is 32.2. The van der Waals surface area contributed by atoms with Gasteiger partial charge in [-0.3, -0.25) is 4.72 Å². The fourth-order valence-corrected chi connectivity index (χ4v) is 3.11. The highest BCUT2D eigenvalue weighted by molar-refractivity contribution is 7.92. The monoisotopic (exact) mass is 254 g/mol. The van der Waals surface area contributed by atoms with Crippen LogP contribution in [0.5, 0.6) is 5.75 Å². The van der Waals surface area contributed by atoms with Gasteiger partial charge >= 0.3 is 0 Å². The van der Waals surface area contributed by atoms with Crippen molar-refractivity contribution in [3.8, 4) is 5.75 Å². The van der Waals surface area contributed by atoms with Crippen LogP contribution in [0.4, 0.5) is 5.69 Å². The third-order valence-corrected chi connectivity index (χ3v) is 4.06. The summed E-state index contributed by atoms with van der Waals surface area (Å²) in [5.74, 6) is 0.294. The molecule has 1 aromatic rings. The van der Waals surface area contributed by atoms with Crippen LogP contribution in [0.1, 0.15) is 24.4 Å². The van der Waals surface area contributed by atoms with E-state index in [9.17, 15) is 8.42 Å². The maximum Gasteiger partial charge on any atom is 0.268 e. The Morgan fingerprint density at radius 2 is 2.24 bits per heavy atom. The fraction of sp³-hybridized carbons (Fsp3) is 0.455. The summed E-state index contributed by atoms with van der Waals surface area (Å²) < 4.78 is 30.5. The van der Waals surface area contributed by atoms with E-state index in [-0.39, 0.29) is 5.94 Å². The summed E-state index contributed by atoms with van der Waals surface area (Å²) in [6.45, 7) is 1.02. The SMILES string of the molecule is O=S1(=O)COc2ccc(C3CCCN3)cc2N1. The molecule has 1 fully saturated rings. The lowest BCUT2D eigenvalue weighted by Crippen LogP contribution is -2.25. The van der Waals surface area contributed by atoms with Gasteiger partial charge < -0.3 is 10.1 Å². The van der Waals surface area contributed by atoms with Gasteiger partial charge in [0.1, 0.15) is 5.75 Å². The molecule has 1 aromatic carbocycles. The van der Waals surface area contributed by atoms with Crippen molar-refractivity contribution in [2.45, 2.75) is 18.9 Å². The molecule has 2 heterocycles. The first-order chi connectivity index (χ1) is 8.14. The lowest BCUT2D eigenvalue weighted by atomic mass is 10.0. The van der Waals surface area contributed by atoms with Crippen LogP contribution in [-0.2, 0) is 10.0 Å². The van der Waals surface area contributed by atoms with Gasteiger partial charge in [0, 0.05) is 6.04 Å². The largest absolute Gasteiger partial charge is 0.474 e. The van der Waals surface area contributed by atoms with Crippen molar-refractivity contribution < 1.29 is 13.2 Å². The van der Waals surface area contributed by atoms with Crippen LogP contribution in [-0.4, -0.2) is 20.9 Å². The van der Waals surface area contributed by atoms with Crippen molar-refractivity contribution in [2.24, 2.45) is 0 Å². The van der Waals surface area contributed by atoms with Crippen LogP contribution in [0.2, 0.25) is 0 Å². The van der Waals surface area contributed by atoms with Crippen LogP contribution in [0.3, 0.4) is 0 Å². The van der Waals surface area contributed by atoms with E-state index < -0.39 is 10.0 Å². The number of ether oxygens (including phenoxy) is 1. The first kappa shape index (κ1) is 10.9. The summed E-state index contributed by atoms with van der Waals surface area (Å²) in [6, 6.07) is 6.00. The molecule has 2 aliphatic heterocycles. The Hall–Kier alpha value is -1.27. The highest BCUT2D eigenvalue weighted by Crippen LogP contribution is 2.34. The van der Waals surface area contributed by atoms with E-state index in [1.54, 1.807) is 0 Å². The topological polar surface area (TPSA) is 67.4 Å². The molecule has 0 saturated carbocycles. The lowest BCUT2D eigenvalue weighted by molar-refractivity contribution is 0.374. The third kappa shape index (κ3) is 2.10. The molecule has 0 radical (unpaired) electrons. The Labute approximate surface area is 100 Å². The number of benzene rings is 1. The minimum Gasteiger partial charge on any atom is -0.474 e. The number of rotatable bonds is 1. The summed E-state index contributed by atoms with van der Waals surface area (Å²) in [6.07, 6.45) is 2.25. The molecule has 3 rings (SSSR count). The average molecular weight is 254 g/mol. The number of fused-ring (bicyclic) bond motifs is 1. The molecule has 0 aliphatic carbocycles. The summed E-state index contributed by atoms with van der Waals surface area (Å²) in [7, 11) is -3.33. The zero-order valence-corrected chi connectivity index (χ0v) is 10.1. The summed E-state index contributed by atoms with van der Waals surface area (Å²) >= 11 is 0. The molecule has 17 heavy (non-hydrogen) atoms. The Kier molecular flexibility index (Phi) is 2.48. The molecular weight excluding hydrogens is 240 g/mol. The van der Waals surface area contributed by atoms with Crippen LogP contribution in [0.15, 0.2) is 18.2 Å². The van der Waals surface area contributed by atoms with Crippen molar-refractivity contribution in [1.82, 2.24) is 5.32 Å². The van der Waals surface area contributed by atoms with E-state index in [0.29, 0.717) is 17.5 Å². The summed E-state index contributed by atoms with van der Waals surface area (Å²) in [5.41, 5.74) is 1.65. The number of hydrogen-bond donors (Lipinski definition) is 2. The van der Waals surface area contributed by atoms with Gasteiger partial charge in [-0.05, 0) is 37.1 Å². The predicted octanol–water partition coefficient (Wildman–Crippen LogP) is 1.20. The van der Waals surface area contributed by atoms with E-state index in [2.05, 4.69) is 10.0 Å².